The van der Waals surface area contributed by atoms with Gasteiger partial charge in [0.05, 0.1) is 20.6 Å². The van der Waals surface area contributed by atoms with Gasteiger partial charge in [0.15, 0.2) is 0 Å². The molecule has 0 amide bonds. The Morgan fingerprint density at radius 2 is 2.24 bits per heavy atom. The largest absolute Gasteiger partial charge is 0.481 e. The third-order valence-corrected chi connectivity index (χ3v) is 4.20. The summed E-state index contributed by atoms with van der Waals surface area (Å²) in [7, 11) is 0. The average molecular weight is 315 g/mol. The molecule has 0 spiro atoms. The molecule has 17 heavy (non-hydrogen) atoms. The molecule has 0 radical (unpaired) electrons. The van der Waals surface area contributed by atoms with Crippen LogP contribution in [-0.2, 0) is 10.2 Å². The van der Waals surface area contributed by atoms with E-state index in [-0.39, 0.29) is 0 Å². The molecule has 2 rings (SSSR count). The minimum absolute atomic E-state index is 0.463. The van der Waals surface area contributed by atoms with Crippen LogP contribution in [0.3, 0.4) is 0 Å². The number of nitrogens with one attached hydrogen (secondary N) is 1. The average Bonchev–Trinajstić information content (AvgIpc) is 2.85. The van der Waals surface area contributed by atoms with E-state index in [1.807, 2.05) is 12.1 Å². The summed E-state index contributed by atoms with van der Waals surface area (Å²) in [6, 6.07) is 3.91. The maximum absolute atomic E-state index is 11.1. The number of rotatable bonds is 3. The van der Waals surface area contributed by atoms with Crippen LogP contribution in [0, 0.1) is 0 Å². The smallest absolute Gasteiger partial charge is 0.316 e. The molecular weight excluding hydrogens is 304 g/mol. The maximum atomic E-state index is 11.1. The van der Waals surface area contributed by atoms with Crippen LogP contribution in [0.25, 0.3) is 10.6 Å². The topological polar surface area (TPSA) is 66.0 Å². The lowest BCUT2D eigenvalue weighted by molar-refractivity contribution is -0.142. The van der Waals surface area contributed by atoms with Crippen LogP contribution in [-0.4, -0.2) is 21.0 Å². The fourth-order valence-electron chi connectivity index (χ4n) is 1.32. The monoisotopic (exact) mass is 314 g/mol. The van der Waals surface area contributed by atoms with E-state index in [0.29, 0.717) is 5.82 Å². The number of aromatic nitrogens is 2. The predicted octanol–water partition coefficient (Wildman–Crippen LogP) is 3.26. The molecule has 0 fully saturated rings. The molecule has 0 aliphatic rings. The summed E-state index contributed by atoms with van der Waals surface area (Å²) in [5.41, 5.74) is -0.169. The quantitative estimate of drug-likeness (QED) is 0.913. The number of aliphatic carboxylic acids is 1. The Kier molecular flexibility index (Phi) is 3.09. The number of imidazole rings is 1. The minimum atomic E-state index is -1.01. The summed E-state index contributed by atoms with van der Waals surface area (Å²) < 4.78 is 1.03. The lowest BCUT2D eigenvalue weighted by atomic mass is 9.93. The molecule has 2 heterocycles. The van der Waals surface area contributed by atoms with Gasteiger partial charge in [-0.2, -0.15) is 0 Å². The second-order valence-electron chi connectivity index (χ2n) is 4.18. The van der Waals surface area contributed by atoms with Gasteiger partial charge in [-0.05, 0) is 41.9 Å². The van der Waals surface area contributed by atoms with Crippen molar-refractivity contribution in [1.82, 2.24) is 9.97 Å². The van der Waals surface area contributed by atoms with Crippen LogP contribution in [0.2, 0.25) is 0 Å². The molecule has 0 bridgehead atoms. The van der Waals surface area contributed by atoms with Crippen molar-refractivity contribution in [1.29, 1.82) is 0 Å². The Bertz CT molecular complexity index is 559. The van der Waals surface area contributed by atoms with Crippen molar-refractivity contribution in [3.05, 3.63) is 27.9 Å². The highest BCUT2D eigenvalue weighted by atomic mass is 79.9. The molecule has 0 aliphatic heterocycles. The zero-order valence-electron chi connectivity index (χ0n) is 9.32. The summed E-state index contributed by atoms with van der Waals surface area (Å²) >= 11 is 4.96. The Morgan fingerprint density at radius 3 is 2.76 bits per heavy atom. The lowest BCUT2D eigenvalue weighted by Crippen LogP contribution is -2.29. The van der Waals surface area contributed by atoms with Crippen molar-refractivity contribution in [2.24, 2.45) is 0 Å². The fraction of sp³-hybridized carbons (Fsp3) is 0.273. The van der Waals surface area contributed by atoms with Gasteiger partial charge in [-0.15, -0.1) is 11.3 Å². The van der Waals surface area contributed by atoms with Gasteiger partial charge in [-0.1, -0.05) is 0 Å². The van der Waals surface area contributed by atoms with Crippen LogP contribution in [0.4, 0.5) is 0 Å². The van der Waals surface area contributed by atoms with E-state index in [4.69, 9.17) is 5.11 Å². The molecule has 4 nitrogen and oxygen atoms in total. The summed E-state index contributed by atoms with van der Waals surface area (Å²) in [5.74, 6) is -0.435. The van der Waals surface area contributed by atoms with Gasteiger partial charge in [-0.25, -0.2) is 4.98 Å². The molecule has 0 saturated carbocycles. The number of hydrogen-bond donors (Lipinski definition) is 2. The number of H-pyrrole nitrogens is 1. The molecule has 0 saturated heterocycles. The Morgan fingerprint density at radius 1 is 1.53 bits per heavy atom. The van der Waals surface area contributed by atoms with Crippen molar-refractivity contribution < 1.29 is 9.90 Å². The Labute approximate surface area is 111 Å². The van der Waals surface area contributed by atoms with Gasteiger partial charge in [0.1, 0.15) is 11.2 Å². The van der Waals surface area contributed by atoms with Crippen molar-refractivity contribution in [3.8, 4) is 10.6 Å². The molecule has 90 valence electrons. The van der Waals surface area contributed by atoms with Crippen LogP contribution in [0.1, 0.15) is 19.7 Å². The number of aromatic amines is 1. The molecule has 0 aliphatic carbocycles. The van der Waals surface area contributed by atoms with Crippen molar-refractivity contribution in [3.63, 3.8) is 0 Å². The first-order valence-corrected chi connectivity index (χ1v) is 6.57. The van der Waals surface area contributed by atoms with Crippen molar-refractivity contribution >= 4 is 33.2 Å². The molecular formula is C11H11BrN2O2S. The molecule has 2 N–H and O–H groups in total. The van der Waals surface area contributed by atoms with Crippen molar-refractivity contribution in [2.45, 2.75) is 19.3 Å². The molecule has 2 aromatic heterocycles. The van der Waals surface area contributed by atoms with E-state index in [9.17, 15) is 4.79 Å². The zero-order valence-corrected chi connectivity index (χ0v) is 11.7. The summed E-state index contributed by atoms with van der Waals surface area (Å²) in [6.07, 6.45) is 1.66. The summed E-state index contributed by atoms with van der Waals surface area (Å²) in [4.78, 5) is 19.3. The van der Waals surface area contributed by atoms with E-state index < -0.39 is 11.4 Å². The van der Waals surface area contributed by atoms with E-state index in [2.05, 4.69) is 25.9 Å². The van der Waals surface area contributed by atoms with Crippen LogP contribution in [0.15, 0.2) is 22.1 Å². The molecule has 0 unspecified atom stereocenters. The fourth-order valence-corrected chi connectivity index (χ4v) is 2.68. The third-order valence-electron chi connectivity index (χ3n) is 2.54. The summed E-state index contributed by atoms with van der Waals surface area (Å²) in [5, 5.41) is 9.11. The van der Waals surface area contributed by atoms with Crippen LogP contribution >= 0.6 is 27.3 Å². The lowest BCUT2D eigenvalue weighted by Gasteiger charge is -2.15. The molecule has 0 aromatic carbocycles. The molecule has 2 aromatic rings. The first-order chi connectivity index (χ1) is 7.91. The number of carboxylic acid groups (broad SMARTS) is 1. The number of hydrogen-bond acceptors (Lipinski definition) is 3. The second-order valence-corrected chi connectivity index (χ2v) is 6.64. The van der Waals surface area contributed by atoms with Gasteiger partial charge in [0.25, 0.3) is 0 Å². The van der Waals surface area contributed by atoms with E-state index in [1.165, 1.54) is 0 Å². The number of halogens is 1. The standard InChI is InChI=1S/C11H11BrN2O2S/c1-11(2,10(15)16)9-13-5-6(14-9)7-3-4-8(12)17-7/h3-5H,1-2H3,(H,13,14)(H,15,16). The first kappa shape index (κ1) is 12.3. The number of nitrogens with zero attached hydrogens (tertiary/aromatic N) is 1. The van der Waals surface area contributed by atoms with Gasteiger partial charge in [0.2, 0.25) is 0 Å². The van der Waals surface area contributed by atoms with Crippen LogP contribution in [0.5, 0.6) is 0 Å². The minimum Gasteiger partial charge on any atom is -0.481 e. The van der Waals surface area contributed by atoms with Crippen LogP contribution < -0.4 is 0 Å². The Hall–Kier alpha value is -1.14. The third kappa shape index (κ3) is 2.28. The summed E-state index contributed by atoms with van der Waals surface area (Å²) in [6.45, 7) is 3.25. The van der Waals surface area contributed by atoms with E-state index in [1.54, 1.807) is 31.4 Å². The SMILES string of the molecule is CC(C)(C(=O)O)c1ncc(-c2ccc(Br)s2)[nH]1. The highest BCUT2D eigenvalue weighted by molar-refractivity contribution is 9.11. The maximum Gasteiger partial charge on any atom is 0.316 e. The zero-order chi connectivity index (χ0) is 12.6. The van der Waals surface area contributed by atoms with Gasteiger partial charge in [0, 0.05) is 0 Å². The number of carboxylic acids is 1. The van der Waals surface area contributed by atoms with Gasteiger partial charge >= 0.3 is 5.97 Å². The van der Waals surface area contributed by atoms with Crippen molar-refractivity contribution in [2.75, 3.05) is 0 Å². The predicted molar refractivity (Wildman–Crippen MR) is 70.3 cm³/mol. The normalized spacial score (nSPS) is 11.7. The molecule has 0 atom stereocenters. The number of carbonyl (C=O) groups is 1. The first-order valence-electron chi connectivity index (χ1n) is 4.96. The molecule has 6 heteroatoms. The van der Waals surface area contributed by atoms with Gasteiger partial charge in [-0.3, -0.25) is 4.79 Å². The van der Waals surface area contributed by atoms with E-state index in [0.717, 1.165) is 14.4 Å². The highest BCUT2D eigenvalue weighted by Gasteiger charge is 2.32. The highest BCUT2D eigenvalue weighted by Crippen LogP contribution is 2.31. The Balaban J connectivity index is 2.37. The van der Waals surface area contributed by atoms with E-state index >= 15 is 0 Å². The second kappa shape index (κ2) is 4.27. The van der Waals surface area contributed by atoms with Gasteiger partial charge < -0.3 is 10.1 Å². The number of thiophene rings is 1.